The number of anilines is 1. The molecule has 10 heteroatoms. The quantitative estimate of drug-likeness (QED) is 0.433. The summed E-state index contributed by atoms with van der Waals surface area (Å²) in [5.41, 5.74) is 1.06. The molecular weight excluding hydrogens is 328 g/mol. The van der Waals surface area contributed by atoms with E-state index in [1.54, 1.807) is 6.92 Å². The van der Waals surface area contributed by atoms with E-state index in [4.69, 9.17) is 4.74 Å². The molecule has 1 fully saturated rings. The summed E-state index contributed by atoms with van der Waals surface area (Å²) in [7, 11) is 3.97. The molecule has 0 radical (unpaired) electrons. The highest BCUT2D eigenvalue weighted by Gasteiger charge is 2.44. The minimum atomic E-state index is -1.18. The first-order valence-electron chi connectivity index (χ1n) is 8.16. The molecule has 5 N–H and O–H groups in total. The lowest BCUT2D eigenvalue weighted by Crippen LogP contribution is -2.32. The summed E-state index contributed by atoms with van der Waals surface area (Å²) in [4.78, 5) is 18.2. The van der Waals surface area contributed by atoms with Crippen molar-refractivity contribution in [3.63, 3.8) is 0 Å². The molecule has 2 aromatic rings. The highest BCUT2D eigenvalue weighted by molar-refractivity contribution is 5.83. The number of hydrogen-bond acceptors (Lipinski definition) is 9. The van der Waals surface area contributed by atoms with Crippen LogP contribution in [-0.2, 0) is 4.74 Å². The van der Waals surface area contributed by atoms with E-state index in [-0.39, 0.29) is 6.61 Å². The summed E-state index contributed by atoms with van der Waals surface area (Å²) in [6.07, 6.45) is -4.07. The maximum absolute atomic E-state index is 10.2. The van der Waals surface area contributed by atoms with Gasteiger partial charge in [-0.05, 0) is 21.0 Å². The van der Waals surface area contributed by atoms with Crippen LogP contribution in [0, 0.1) is 6.92 Å². The number of nitrogens with zero attached hydrogens (tertiary/aromatic N) is 4. The number of fused-ring (bicyclic) bond motifs is 1. The summed E-state index contributed by atoms with van der Waals surface area (Å²) >= 11 is 0. The number of aromatic nitrogens is 4. The summed E-state index contributed by atoms with van der Waals surface area (Å²) in [6.45, 7) is 2.92. The van der Waals surface area contributed by atoms with Gasteiger partial charge in [-0.1, -0.05) is 0 Å². The number of ether oxygens (including phenoxy) is 1. The van der Waals surface area contributed by atoms with E-state index in [1.807, 2.05) is 14.1 Å². The van der Waals surface area contributed by atoms with Crippen molar-refractivity contribution >= 4 is 17.0 Å². The van der Waals surface area contributed by atoms with Crippen LogP contribution in [0.25, 0.3) is 11.2 Å². The normalized spacial score (nSPS) is 26.7. The Balaban J connectivity index is 1.89. The van der Waals surface area contributed by atoms with Crippen LogP contribution in [-0.4, -0.2) is 92.3 Å². The number of likely N-dealkylation sites (N-methyl/N-ethyl adjacent to an activating group) is 1. The van der Waals surface area contributed by atoms with E-state index in [1.165, 1.54) is 0 Å². The average Bonchev–Trinajstić information content (AvgIpc) is 3.09. The zero-order valence-electron chi connectivity index (χ0n) is 14.5. The van der Waals surface area contributed by atoms with Crippen molar-refractivity contribution in [3.8, 4) is 0 Å². The van der Waals surface area contributed by atoms with Gasteiger partial charge in [-0.3, -0.25) is 0 Å². The van der Waals surface area contributed by atoms with E-state index in [0.717, 1.165) is 6.54 Å². The van der Waals surface area contributed by atoms with E-state index >= 15 is 0 Å². The zero-order chi connectivity index (χ0) is 18.1. The average molecular weight is 352 g/mol. The molecule has 1 aliphatic heterocycles. The van der Waals surface area contributed by atoms with Gasteiger partial charge < -0.3 is 35.3 Å². The first-order chi connectivity index (χ1) is 11.9. The lowest BCUT2D eigenvalue weighted by Gasteiger charge is -2.12. The molecular formula is C15H24N6O4. The van der Waals surface area contributed by atoms with Gasteiger partial charge in [0.1, 0.15) is 41.6 Å². The fourth-order valence-electron chi connectivity index (χ4n) is 2.81. The van der Waals surface area contributed by atoms with Crippen molar-refractivity contribution in [3.05, 3.63) is 11.6 Å². The lowest BCUT2D eigenvalue weighted by molar-refractivity contribution is -0.0249. The standard InChI is InChI=1S/C15H24N6O4/c1-7-17-13(16-4-5-21(2)3)9-14(18-7)20-15(19-9)12-11(24)10(23)8(6-22)25-12/h8,10-12,22-24H,4-6H2,1-3H3,(H2,16,17,18,19,20)/t8-,10-,11-,12-/m1/s1. The highest BCUT2D eigenvalue weighted by Crippen LogP contribution is 2.33. The minimum Gasteiger partial charge on any atom is -0.394 e. The van der Waals surface area contributed by atoms with Gasteiger partial charge in [-0.25, -0.2) is 15.0 Å². The van der Waals surface area contributed by atoms with Crippen molar-refractivity contribution in [2.45, 2.75) is 31.3 Å². The van der Waals surface area contributed by atoms with Gasteiger partial charge in [0.25, 0.3) is 0 Å². The number of aromatic amines is 1. The predicted molar refractivity (Wildman–Crippen MR) is 90.2 cm³/mol. The SMILES string of the molecule is Cc1nc(NCCN(C)C)c2[nH]c([C@@H]3O[C@H](CO)[C@@H](O)[C@H]3O)nc2n1. The van der Waals surface area contributed by atoms with Crippen molar-refractivity contribution in [1.82, 2.24) is 24.8 Å². The molecule has 25 heavy (non-hydrogen) atoms. The Bertz CT molecular complexity index is 736. The Morgan fingerprint density at radius 2 is 1.96 bits per heavy atom. The van der Waals surface area contributed by atoms with E-state index < -0.39 is 24.4 Å². The molecule has 3 rings (SSSR count). The van der Waals surface area contributed by atoms with E-state index in [0.29, 0.717) is 35.2 Å². The Labute approximate surface area is 144 Å². The van der Waals surface area contributed by atoms with Crippen LogP contribution < -0.4 is 5.32 Å². The Morgan fingerprint density at radius 3 is 2.60 bits per heavy atom. The Hall–Kier alpha value is -1.85. The second-order valence-corrected chi connectivity index (χ2v) is 6.43. The first-order valence-corrected chi connectivity index (χ1v) is 8.16. The van der Waals surface area contributed by atoms with Crippen molar-refractivity contribution < 1.29 is 20.1 Å². The second kappa shape index (κ2) is 7.18. The molecule has 0 saturated carbocycles. The topological polar surface area (TPSA) is 140 Å². The third-order valence-electron chi connectivity index (χ3n) is 4.14. The molecule has 1 saturated heterocycles. The Morgan fingerprint density at radius 1 is 1.20 bits per heavy atom. The van der Waals surface area contributed by atoms with Gasteiger partial charge >= 0.3 is 0 Å². The van der Waals surface area contributed by atoms with Gasteiger partial charge in [-0.15, -0.1) is 0 Å². The second-order valence-electron chi connectivity index (χ2n) is 6.43. The third-order valence-corrected chi connectivity index (χ3v) is 4.14. The monoisotopic (exact) mass is 352 g/mol. The highest BCUT2D eigenvalue weighted by atomic mass is 16.6. The number of hydrogen-bond donors (Lipinski definition) is 5. The van der Waals surface area contributed by atoms with Gasteiger partial charge in [-0.2, -0.15) is 0 Å². The predicted octanol–water partition coefficient (Wildman–Crippen LogP) is -1.21. The molecule has 4 atom stereocenters. The smallest absolute Gasteiger partial charge is 0.183 e. The molecule has 0 aliphatic carbocycles. The number of nitrogens with one attached hydrogen (secondary N) is 2. The molecule has 0 bridgehead atoms. The van der Waals surface area contributed by atoms with E-state index in [9.17, 15) is 15.3 Å². The molecule has 0 spiro atoms. The first kappa shape index (κ1) is 18.0. The number of aryl methyl sites for hydroxylation is 1. The van der Waals surface area contributed by atoms with Gasteiger partial charge in [0.2, 0.25) is 0 Å². The minimum absolute atomic E-state index is 0.341. The van der Waals surface area contributed by atoms with Gasteiger partial charge in [0, 0.05) is 13.1 Å². The van der Waals surface area contributed by atoms with Crippen molar-refractivity contribution in [2.75, 3.05) is 39.1 Å². The number of aliphatic hydroxyl groups is 3. The molecule has 0 unspecified atom stereocenters. The summed E-state index contributed by atoms with van der Waals surface area (Å²) in [6, 6.07) is 0. The fourth-order valence-corrected chi connectivity index (χ4v) is 2.81. The molecule has 2 aromatic heterocycles. The number of rotatable bonds is 6. The van der Waals surface area contributed by atoms with Crippen LogP contribution in [0.4, 0.5) is 5.82 Å². The molecule has 0 amide bonds. The Kier molecular flexibility index (Phi) is 5.16. The van der Waals surface area contributed by atoms with Crippen molar-refractivity contribution in [1.29, 1.82) is 0 Å². The van der Waals surface area contributed by atoms with Crippen LogP contribution in [0.2, 0.25) is 0 Å². The number of aliphatic hydroxyl groups excluding tert-OH is 3. The molecule has 138 valence electrons. The van der Waals surface area contributed by atoms with Gasteiger partial charge in [0.15, 0.2) is 11.5 Å². The fraction of sp³-hybridized carbons (Fsp3) is 0.667. The van der Waals surface area contributed by atoms with Crippen molar-refractivity contribution in [2.24, 2.45) is 0 Å². The van der Waals surface area contributed by atoms with Crippen LogP contribution >= 0.6 is 0 Å². The lowest BCUT2D eigenvalue weighted by atomic mass is 10.1. The summed E-state index contributed by atoms with van der Waals surface area (Å²) < 4.78 is 5.51. The zero-order valence-corrected chi connectivity index (χ0v) is 14.5. The van der Waals surface area contributed by atoms with Crippen LogP contribution in [0.15, 0.2) is 0 Å². The van der Waals surface area contributed by atoms with Crippen LogP contribution in [0.3, 0.4) is 0 Å². The molecule has 3 heterocycles. The van der Waals surface area contributed by atoms with Crippen LogP contribution in [0.1, 0.15) is 17.8 Å². The molecule has 1 aliphatic rings. The summed E-state index contributed by atoms with van der Waals surface area (Å²) in [5.74, 6) is 1.53. The molecule has 10 nitrogen and oxygen atoms in total. The van der Waals surface area contributed by atoms with Gasteiger partial charge in [0.05, 0.1) is 6.61 Å². The van der Waals surface area contributed by atoms with E-state index in [2.05, 4.69) is 30.2 Å². The number of H-pyrrole nitrogens is 1. The maximum Gasteiger partial charge on any atom is 0.183 e. The number of imidazole rings is 1. The van der Waals surface area contributed by atoms with Crippen LogP contribution in [0.5, 0.6) is 0 Å². The third kappa shape index (κ3) is 3.58. The maximum atomic E-state index is 10.2. The molecule has 0 aromatic carbocycles. The largest absolute Gasteiger partial charge is 0.394 e. The summed E-state index contributed by atoms with van der Waals surface area (Å²) in [5, 5.41) is 32.5.